The standard InChI is InChI=1S/C13H9ClN2.C12H11ClN2.C10H11BO3/c14-12-3-1-9(2-4-12)11-7-10-5-6-15-13(10)16-8-11;1-8-6-10(7-15-12(8)14)9-2-4-11(13)5-3-9;1-2-12-8-7-11-13-9-5-3-4-6-10(9)14-11/h1-8H,(H,15,16);2-7H,1H3,(H2,14,15);3-8H,2H2,1H3. The van der Waals surface area contributed by atoms with Gasteiger partial charge in [-0.25, -0.2) is 9.97 Å². The number of aromatic nitrogens is 3. The molecule has 4 heterocycles. The maximum atomic E-state index is 5.86. The number of aryl methyl sites for hydroxylation is 1. The van der Waals surface area contributed by atoms with E-state index in [2.05, 4.69) is 21.0 Å². The number of nitrogens with two attached hydrogens (primary N) is 1. The molecule has 0 amide bonds. The van der Waals surface area contributed by atoms with Gasteiger partial charge in [0.25, 0.3) is 0 Å². The Kier molecular flexibility index (Phi) is 10.6. The van der Waals surface area contributed by atoms with E-state index < -0.39 is 0 Å². The number of hydrogen-bond donors (Lipinski definition) is 2. The minimum absolute atomic E-state index is 0.362. The number of para-hydroxylation sites is 2. The van der Waals surface area contributed by atoms with Gasteiger partial charge in [0, 0.05) is 51.1 Å². The largest absolute Gasteiger partial charge is 0.628 e. The number of halogens is 2. The third kappa shape index (κ3) is 8.59. The Hall–Kier alpha value is -4.92. The third-order valence-electron chi connectivity index (χ3n) is 6.71. The first-order valence-electron chi connectivity index (χ1n) is 14.3. The van der Waals surface area contributed by atoms with Gasteiger partial charge in [-0.15, -0.1) is 0 Å². The lowest BCUT2D eigenvalue weighted by atomic mass is 9.92. The van der Waals surface area contributed by atoms with Crippen molar-refractivity contribution >= 4 is 47.2 Å². The van der Waals surface area contributed by atoms with E-state index in [1.54, 1.807) is 18.4 Å². The second kappa shape index (κ2) is 15.2. The van der Waals surface area contributed by atoms with Crippen molar-refractivity contribution in [1.82, 2.24) is 15.0 Å². The summed E-state index contributed by atoms with van der Waals surface area (Å²) in [6.07, 6.45) is 7.12. The Morgan fingerprint density at radius 2 is 1.38 bits per heavy atom. The van der Waals surface area contributed by atoms with Crippen LogP contribution in [0.4, 0.5) is 5.82 Å². The van der Waals surface area contributed by atoms with Crippen LogP contribution in [-0.2, 0) is 4.74 Å². The molecule has 10 heteroatoms. The highest BCUT2D eigenvalue weighted by Gasteiger charge is 2.28. The molecule has 0 fully saturated rings. The predicted molar refractivity (Wildman–Crippen MR) is 185 cm³/mol. The fourth-order valence-corrected chi connectivity index (χ4v) is 4.59. The normalized spacial score (nSPS) is 11.5. The Bertz CT molecular complexity index is 1850. The molecule has 7 nitrogen and oxygen atoms in total. The van der Waals surface area contributed by atoms with Crippen LogP contribution in [0, 0.1) is 6.92 Å². The van der Waals surface area contributed by atoms with Gasteiger partial charge in [0.05, 0.1) is 12.9 Å². The van der Waals surface area contributed by atoms with E-state index in [9.17, 15) is 0 Å². The van der Waals surface area contributed by atoms with Crippen molar-refractivity contribution in [3.63, 3.8) is 0 Å². The number of rotatable bonds is 5. The number of anilines is 1. The SMILES string of the molecule is CCOC=CB1Oc2ccccc2O1.Cc1cc(-c2ccc(Cl)cc2)cnc1N.Clc1ccc(-c2cnc3[nH]ccc3c2)cc1. The molecule has 1 aliphatic heterocycles. The van der Waals surface area contributed by atoms with Gasteiger partial charge >= 0.3 is 7.12 Å². The number of aromatic amines is 1. The summed E-state index contributed by atoms with van der Waals surface area (Å²) in [5.41, 5.74) is 11.9. The lowest BCUT2D eigenvalue weighted by Crippen LogP contribution is -2.21. The van der Waals surface area contributed by atoms with E-state index in [-0.39, 0.29) is 7.12 Å². The first-order chi connectivity index (χ1) is 21.9. The quantitative estimate of drug-likeness (QED) is 0.145. The van der Waals surface area contributed by atoms with Crippen LogP contribution in [0.15, 0.2) is 122 Å². The summed E-state index contributed by atoms with van der Waals surface area (Å²) in [6.45, 7) is 4.52. The monoisotopic (exact) mass is 636 g/mol. The first kappa shape index (κ1) is 31.5. The average Bonchev–Trinajstić information content (AvgIpc) is 3.70. The van der Waals surface area contributed by atoms with Crippen LogP contribution in [0.1, 0.15) is 12.5 Å². The van der Waals surface area contributed by atoms with Gasteiger partial charge in [0.1, 0.15) is 23.0 Å². The molecule has 0 saturated carbocycles. The smallest absolute Gasteiger partial charge is 0.520 e. The number of H-pyrrole nitrogens is 1. The maximum absolute atomic E-state index is 5.86. The van der Waals surface area contributed by atoms with Crippen molar-refractivity contribution in [2.24, 2.45) is 0 Å². The molecule has 0 bridgehead atoms. The zero-order chi connectivity index (χ0) is 31.6. The van der Waals surface area contributed by atoms with Crippen molar-refractivity contribution in [1.29, 1.82) is 0 Å². The molecular formula is C35H31BCl2N4O3. The van der Waals surface area contributed by atoms with Crippen molar-refractivity contribution in [2.45, 2.75) is 13.8 Å². The summed E-state index contributed by atoms with van der Waals surface area (Å²) in [5, 5.41) is 2.60. The number of nitrogens with one attached hydrogen (secondary N) is 1. The van der Waals surface area contributed by atoms with Gasteiger partial charge < -0.3 is 24.8 Å². The number of nitrogen functional groups attached to an aromatic ring is 1. The van der Waals surface area contributed by atoms with Gasteiger partial charge in [-0.2, -0.15) is 0 Å². The van der Waals surface area contributed by atoms with Gasteiger partial charge in [-0.1, -0.05) is 59.6 Å². The summed E-state index contributed by atoms with van der Waals surface area (Å²) < 4.78 is 16.0. The van der Waals surface area contributed by atoms with Crippen molar-refractivity contribution in [2.75, 3.05) is 12.3 Å². The molecule has 6 aromatic rings. The summed E-state index contributed by atoms with van der Waals surface area (Å²) in [6, 6.07) is 29.2. The lowest BCUT2D eigenvalue weighted by molar-refractivity contribution is 0.269. The molecule has 7 rings (SSSR count). The molecule has 0 spiro atoms. The van der Waals surface area contributed by atoms with E-state index in [0.717, 1.165) is 60.4 Å². The summed E-state index contributed by atoms with van der Waals surface area (Å²) in [5.74, 6) is 3.87. The maximum Gasteiger partial charge on any atom is 0.628 e. The molecule has 0 atom stereocenters. The molecule has 3 N–H and O–H groups in total. The fraction of sp³-hybridized carbons (Fsp3) is 0.0857. The predicted octanol–water partition coefficient (Wildman–Crippen LogP) is 9.21. The third-order valence-corrected chi connectivity index (χ3v) is 7.21. The van der Waals surface area contributed by atoms with E-state index in [1.165, 1.54) is 0 Å². The minimum atomic E-state index is -0.362. The molecule has 3 aromatic carbocycles. The van der Waals surface area contributed by atoms with Gasteiger partial charge in [-0.3, -0.25) is 0 Å². The molecule has 0 saturated heterocycles. The summed E-state index contributed by atoms with van der Waals surface area (Å²) >= 11 is 11.7. The van der Waals surface area contributed by atoms with Crippen LogP contribution < -0.4 is 15.0 Å². The Morgan fingerprint density at radius 1 is 0.800 bits per heavy atom. The van der Waals surface area contributed by atoms with Gasteiger partial charge in [0.15, 0.2) is 0 Å². The topological polar surface area (TPSA) is 95.3 Å². The van der Waals surface area contributed by atoms with Crippen LogP contribution in [0.2, 0.25) is 10.0 Å². The van der Waals surface area contributed by atoms with E-state index in [4.69, 9.17) is 43.0 Å². The first-order valence-corrected chi connectivity index (χ1v) is 15.0. The zero-order valence-electron chi connectivity index (χ0n) is 24.8. The number of benzene rings is 3. The van der Waals surface area contributed by atoms with Crippen molar-refractivity contribution in [3.05, 3.63) is 137 Å². The van der Waals surface area contributed by atoms with Crippen LogP contribution in [-0.4, -0.2) is 28.7 Å². The van der Waals surface area contributed by atoms with Crippen LogP contribution in [0.5, 0.6) is 11.5 Å². The number of fused-ring (bicyclic) bond motifs is 2. The molecule has 3 aromatic heterocycles. The second-order valence-electron chi connectivity index (χ2n) is 9.91. The van der Waals surface area contributed by atoms with Crippen molar-refractivity contribution in [3.8, 4) is 33.8 Å². The molecule has 1 aliphatic rings. The number of pyridine rings is 2. The minimum Gasteiger partial charge on any atom is -0.520 e. The van der Waals surface area contributed by atoms with Crippen LogP contribution >= 0.6 is 23.2 Å². The second-order valence-corrected chi connectivity index (χ2v) is 10.8. The van der Waals surface area contributed by atoms with E-state index >= 15 is 0 Å². The Labute approximate surface area is 272 Å². The fourth-order valence-electron chi connectivity index (χ4n) is 4.34. The molecule has 0 unspecified atom stereocenters. The number of ether oxygens (including phenoxy) is 1. The van der Waals surface area contributed by atoms with E-state index in [0.29, 0.717) is 12.4 Å². The molecular weight excluding hydrogens is 606 g/mol. The lowest BCUT2D eigenvalue weighted by Gasteiger charge is -2.04. The van der Waals surface area contributed by atoms with E-state index in [1.807, 2.05) is 111 Å². The number of nitrogens with zero attached hydrogens (tertiary/aromatic N) is 2. The number of hydrogen-bond acceptors (Lipinski definition) is 6. The van der Waals surface area contributed by atoms with Crippen molar-refractivity contribution < 1.29 is 14.0 Å². The Balaban J connectivity index is 0.000000134. The highest BCUT2D eigenvalue weighted by molar-refractivity contribution is 6.53. The Morgan fingerprint density at radius 3 is 1.96 bits per heavy atom. The van der Waals surface area contributed by atoms with Crippen LogP contribution in [0.25, 0.3) is 33.3 Å². The molecule has 0 aliphatic carbocycles. The van der Waals surface area contributed by atoms with Gasteiger partial charge in [0.2, 0.25) is 0 Å². The molecule has 0 radical (unpaired) electrons. The van der Waals surface area contributed by atoms with Gasteiger partial charge in [-0.05, 0) is 85.1 Å². The molecule has 226 valence electrons. The summed E-state index contributed by atoms with van der Waals surface area (Å²) in [7, 11) is -0.362. The highest BCUT2D eigenvalue weighted by Crippen LogP contribution is 2.32. The highest BCUT2D eigenvalue weighted by atomic mass is 35.5. The summed E-state index contributed by atoms with van der Waals surface area (Å²) in [4.78, 5) is 11.5. The average molecular weight is 637 g/mol. The molecule has 45 heavy (non-hydrogen) atoms. The zero-order valence-corrected chi connectivity index (χ0v) is 26.3. The van der Waals surface area contributed by atoms with Crippen LogP contribution in [0.3, 0.4) is 0 Å².